The van der Waals surface area contributed by atoms with Crippen LogP contribution in [0.15, 0.2) is 65.8 Å². The summed E-state index contributed by atoms with van der Waals surface area (Å²) in [5, 5.41) is 1.18. The van der Waals surface area contributed by atoms with Crippen molar-refractivity contribution in [1.82, 2.24) is 14.5 Å². The number of pyridine rings is 1. The van der Waals surface area contributed by atoms with Gasteiger partial charge in [-0.05, 0) is 56.2 Å². The molecule has 2 aliphatic heterocycles. The summed E-state index contributed by atoms with van der Waals surface area (Å²) in [5.74, 6) is 1.12. The quantitative estimate of drug-likeness (QED) is 0.580. The van der Waals surface area contributed by atoms with Gasteiger partial charge in [0, 0.05) is 35.1 Å². The van der Waals surface area contributed by atoms with Crippen LogP contribution in [0.4, 0.5) is 0 Å². The molecule has 2 aromatic heterocycles. The first-order chi connectivity index (χ1) is 14.2. The summed E-state index contributed by atoms with van der Waals surface area (Å²) in [4.78, 5) is 12.4. The summed E-state index contributed by atoms with van der Waals surface area (Å²) in [7, 11) is 0. The van der Waals surface area contributed by atoms with Crippen LogP contribution in [-0.2, 0) is 0 Å². The van der Waals surface area contributed by atoms with Crippen LogP contribution in [0.1, 0.15) is 48.1 Å². The van der Waals surface area contributed by atoms with Gasteiger partial charge in [-0.25, -0.2) is 0 Å². The molecule has 2 aliphatic rings. The highest BCUT2D eigenvalue weighted by Crippen LogP contribution is 2.49. The van der Waals surface area contributed by atoms with Gasteiger partial charge in [0.25, 0.3) is 0 Å². The van der Waals surface area contributed by atoms with Crippen LogP contribution < -0.4 is 0 Å². The number of para-hydroxylation sites is 1. The first-order valence-corrected chi connectivity index (χ1v) is 11.3. The van der Waals surface area contributed by atoms with Crippen molar-refractivity contribution in [3.8, 4) is 5.69 Å². The van der Waals surface area contributed by atoms with E-state index in [1.807, 2.05) is 24.0 Å². The van der Waals surface area contributed by atoms with E-state index in [-0.39, 0.29) is 12.1 Å². The fourth-order valence-electron chi connectivity index (χ4n) is 4.75. The molecular formula is C24H26N4S. The summed E-state index contributed by atoms with van der Waals surface area (Å²) in [6, 6.07) is 19.9. The average molecular weight is 403 g/mol. The number of aromatic nitrogens is 2. The van der Waals surface area contributed by atoms with Gasteiger partial charge >= 0.3 is 0 Å². The van der Waals surface area contributed by atoms with E-state index in [0.717, 1.165) is 17.9 Å². The van der Waals surface area contributed by atoms with E-state index in [0.29, 0.717) is 6.04 Å². The molecule has 5 rings (SSSR count). The van der Waals surface area contributed by atoms with Crippen LogP contribution in [0.2, 0.25) is 0 Å². The molecule has 0 amide bonds. The second-order valence-electron chi connectivity index (χ2n) is 7.83. The number of aliphatic imine (C=N–C) groups is 1. The third-order valence-electron chi connectivity index (χ3n) is 6.13. The lowest BCUT2D eigenvalue weighted by atomic mass is 9.95. The number of hydrogen-bond donors (Lipinski definition) is 0. The van der Waals surface area contributed by atoms with Crippen molar-refractivity contribution < 1.29 is 0 Å². The maximum absolute atomic E-state index is 5.16. The molecule has 0 bridgehead atoms. The number of aryl methyl sites for hydroxylation is 1. The second kappa shape index (κ2) is 7.38. The molecule has 4 heterocycles. The maximum Gasteiger partial charge on any atom is 0.160 e. The lowest BCUT2D eigenvalue weighted by Crippen LogP contribution is -2.35. The summed E-state index contributed by atoms with van der Waals surface area (Å²) in [6.45, 7) is 6.73. The average Bonchev–Trinajstić information content (AvgIpc) is 3.40. The number of rotatable bonds is 4. The molecular weight excluding hydrogens is 376 g/mol. The number of nitrogens with zero attached hydrogens (tertiary/aromatic N) is 4. The molecule has 0 spiro atoms. The molecule has 29 heavy (non-hydrogen) atoms. The molecule has 0 aliphatic carbocycles. The van der Waals surface area contributed by atoms with Gasteiger partial charge in [0.15, 0.2) is 5.17 Å². The van der Waals surface area contributed by atoms with Gasteiger partial charge in [0.1, 0.15) is 6.04 Å². The number of benzene rings is 1. The van der Waals surface area contributed by atoms with Crippen molar-refractivity contribution in [2.75, 3.05) is 5.75 Å². The Morgan fingerprint density at radius 2 is 1.86 bits per heavy atom. The first kappa shape index (κ1) is 18.5. The van der Waals surface area contributed by atoms with E-state index >= 15 is 0 Å². The van der Waals surface area contributed by atoms with Crippen LogP contribution >= 0.6 is 11.8 Å². The van der Waals surface area contributed by atoms with Gasteiger partial charge in [0.2, 0.25) is 0 Å². The Kier molecular flexibility index (Phi) is 4.70. The van der Waals surface area contributed by atoms with Crippen LogP contribution in [0.25, 0.3) is 5.69 Å². The zero-order valence-corrected chi connectivity index (χ0v) is 17.9. The Labute approximate surface area is 176 Å². The summed E-state index contributed by atoms with van der Waals surface area (Å²) < 4.78 is 2.37. The molecule has 1 fully saturated rings. The molecule has 3 atom stereocenters. The number of amidine groups is 1. The van der Waals surface area contributed by atoms with E-state index in [1.165, 1.54) is 27.8 Å². The normalized spacial score (nSPS) is 23.3. The second-order valence-corrected chi connectivity index (χ2v) is 8.82. The van der Waals surface area contributed by atoms with Crippen molar-refractivity contribution in [2.24, 2.45) is 4.99 Å². The third kappa shape index (κ3) is 2.99. The monoisotopic (exact) mass is 402 g/mol. The van der Waals surface area contributed by atoms with E-state index in [1.54, 1.807) is 0 Å². The topological polar surface area (TPSA) is 33.4 Å². The largest absolute Gasteiger partial charge is 0.338 e. The van der Waals surface area contributed by atoms with Crippen molar-refractivity contribution in [2.45, 2.75) is 45.3 Å². The number of fused-ring (bicyclic) bond motifs is 1. The van der Waals surface area contributed by atoms with Crippen LogP contribution in [-0.4, -0.2) is 31.4 Å². The zero-order chi connectivity index (χ0) is 20.0. The predicted octanol–water partition coefficient (Wildman–Crippen LogP) is 5.47. The highest BCUT2D eigenvalue weighted by atomic mass is 32.2. The Morgan fingerprint density at radius 1 is 1.07 bits per heavy atom. The minimum atomic E-state index is 0.0396. The standard InChI is InChI=1S/C24H26N4S/c1-4-18-15-29-24-26-22(21-12-8-9-13-25-21)23(28(18)24)20-14-16(2)27(17(20)3)19-10-6-5-7-11-19/h5-14,18,22-23H,4,15H2,1-3H3/t18-,22+,23+/m1/s1. The SMILES string of the molecule is CC[C@@H]1CSC2=N[C@@H](c3ccccn3)[C@H](c3cc(C)n(-c4ccccc4)c3C)N21. The molecule has 1 aromatic carbocycles. The van der Waals surface area contributed by atoms with Gasteiger partial charge in [-0.1, -0.05) is 43.0 Å². The molecule has 1 saturated heterocycles. The molecule has 0 radical (unpaired) electrons. The van der Waals surface area contributed by atoms with E-state index < -0.39 is 0 Å². The lowest BCUT2D eigenvalue weighted by molar-refractivity contribution is 0.254. The molecule has 0 saturated carbocycles. The minimum absolute atomic E-state index is 0.0396. The van der Waals surface area contributed by atoms with Gasteiger partial charge in [-0.2, -0.15) is 0 Å². The molecule has 3 aromatic rings. The molecule has 148 valence electrons. The Balaban J connectivity index is 1.64. The van der Waals surface area contributed by atoms with Crippen LogP contribution in [0.3, 0.4) is 0 Å². The van der Waals surface area contributed by atoms with E-state index in [4.69, 9.17) is 4.99 Å². The summed E-state index contributed by atoms with van der Waals surface area (Å²) >= 11 is 1.90. The number of thioether (sulfide) groups is 1. The van der Waals surface area contributed by atoms with Crippen LogP contribution in [0.5, 0.6) is 0 Å². The Morgan fingerprint density at radius 3 is 2.59 bits per heavy atom. The van der Waals surface area contributed by atoms with E-state index in [9.17, 15) is 0 Å². The Hall–Kier alpha value is -2.53. The van der Waals surface area contributed by atoms with Gasteiger partial charge in [0.05, 0.1) is 11.7 Å². The maximum atomic E-state index is 5.16. The van der Waals surface area contributed by atoms with Crippen molar-refractivity contribution >= 4 is 16.9 Å². The Bertz CT molecular complexity index is 1040. The molecule has 0 unspecified atom stereocenters. The fourth-order valence-corrected chi connectivity index (χ4v) is 6.09. The van der Waals surface area contributed by atoms with E-state index in [2.05, 4.69) is 83.8 Å². The van der Waals surface area contributed by atoms with Crippen LogP contribution in [0, 0.1) is 13.8 Å². The fraction of sp³-hybridized carbons (Fsp3) is 0.333. The van der Waals surface area contributed by atoms with Crippen molar-refractivity contribution in [3.05, 3.63) is 83.4 Å². The lowest BCUT2D eigenvalue weighted by Gasteiger charge is -2.32. The minimum Gasteiger partial charge on any atom is -0.338 e. The van der Waals surface area contributed by atoms with Gasteiger partial charge < -0.3 is 9.47 Å². The summed E-state index contributed by atoms with van der Waals surface area (Å²) in [6.07, 6.45) is 3.02. The predicted molar refractivity (Wildman–Crippen MR) is 121 cm³/mol. The molecule has 5 heteroatoms. The third-order valence-corrected chi connectivity index (χ3v) is 7.26. The van der Waals surface area contributed by atoms with Crippen molar-refractivity contribution in [1.29, 1.82) is 0 Å². The highest BCUT2D eigenvalue weighted by Gasteiger charge is 2.46. The molecule has 0 N–H and O–H groups in total. The van der Waals surface area contributed by atoms with Crippen molar-refractivity contribution in [3.63, 3.8) is 0 Å². The smallest absolute Gasteiger partial charge is 0.160 e. The first-order valence-electron chi connectivity index (χ1n) is 10.3. The zero-order valence-electron chi connectivity index (χ0n) is 17.1. The number of hydrogen-bond acceptors (Lipinski definition) is 4. The molecule has 4 nitrogen and oxygen atoms in total. The summed E-state index contributed by atoms with van der Waals surface area (Å²) in [5.41, 5.74) is 6.19. The highest BCUT2D eigenvalue weighted by molar-refractivity contribution is 8.14. The van der Waals surface area contributed by atoms with Gasteiger partial charge in [-0.3, -0.25) is 9.98 Å². The van der Waals surface area contributed by atoms with Gasteiger partial charge in [-0.15, -0.1) is 0 Å².